The van der Waals surface area contributed by atoms with E-state index in [0.717, 1.165) is 102 Å². The minimum atomic E-state index is -0.152. The Labute approximate surface area is 484 Å². The minimum Gasteiger partial charge on any atom is -0.311 e. The molecule has 398 valence electrons. The number of anilines is 6. The summed E-state index contributed by atoms with van der Waals surface area (Å²) >= 11 is 2.60. The molecule has 0 fully saturated rings. The summed E-state index contributed by atoms with van der Waals surface area (Å²) in [6.45, 7) is 4.64. The molecule has 1 aliphatic carbocycles. The van der Waals surface area contributed by atoms with Gasteiger partial charge >= 0.3 is 0 Å². The predicted molar refractivity (Wildman–Crippen MR) is 343 cm³/mol. The van der Waals surface area contributed by atoms with Crippen LogP contribution in [0, 0.1) is 0 Å². The molecule has 0 saturated heterocycles. The van der Waals surface area contributed by atoms with Crippen LogP contribution < -0.4 is 9.80 Å². The molecule has 0 amide bonds. The van der Waals surface area contributed by atoms with Gasteiger partial charge in [-0.05, 0) is 142 Å². The van der Waals surface area contributed by atoms with Crippen LogP contribution in [0.1, 0.15) is 89.2 Å². The summed E-state index contributed by atoms with van der Waals surface area (Å²) in [5.74, 6) is 0. The lowest BCUT2D eigenvalue weighted by molar-refractivity contribution is 0.401. The summed E-state index contributed by atoms with van der Waals surface area (Å²) in [7, 11) is 0. The van der Waals surface area contributed by atoms with Gasteiger partial charge in [0, 0.05) is 61.8 Å². The van der Waals surface area contributed by atoms with Crippen LogP contribution in [0.3, 0.4) is 0 Å². The van der Waals surface area contributed by atoms with Crippen molar-refractivity contribution in [3.8, 4) is 55.6 Å². The Morgan fingerprint density at radius 1 is 0.296 bits per heavy atom. The van der Waals surface area contributed by atoms with Crippen molar-refractivity contribution in [2.24, 2.45) is 0 Å². The maximum Gasteiger partial charge on any atom is 0.113 e. The number of hydrogen-bond donors (Lipinski definition) is 0. The highest BCUT2D eigenvalue weighted by Crippen LogP contribution is 2.56. The molecular formula is C73H64N6S2. The molecule has 0 radical (unpaired) electrons. The summed E-state index contributed by atoms with van der Waals surface area (Å²) < 4.78 is 20.1. The first-order valence-corrected chi connectivity index (χ1v) is 30.4. The van der Waals surface area contributed by atoms with Gasteiger partial charge < -0.3 is 9.80 Å². The molecule has 10 aromatic carbocycles. The van der Waals surface area contributed by atoms with Crippen LogP contribution in [0.5, 0.6) is 0 Å². The minimum absolute atomic E-state index is 0.152. The van der Waals surface area contributed by atoms with Gasteiger partial charge in [0.25, 0.3) is 0 Å². The molecule has 8 heteroatoms. The van der Waals surface area contributed by atoms with E-state index in [2.05, 4.69) is 254 Å². The fraction of sp³-hybridized carbons (Fsp3) is 0.178. The zero-order valence-electron chi connectivity index (χ0n) is 46.0. The van der Waals surface area contributed by atoms with Gasteiger partial charge in [-0.2, -0.15) is 17.5 Å². The highest BCUT2D eigenvalue weighted by molar-refractivity contribution is 7.00. The molecule has 0 N–H and O–H groups in total. The van der Waals surface area contributed by atoms with Crippen LogP contribution in [-0.2, 0) is 5.41 Å². The maximum absolute atomic E-state index is 5.05. The number of benzene rings is 10. The molecule has 0 bridgehead atoms. The van der Waals surface area contributed by atoms with Crippen LogP contribution in [0.25, 0.3) is 77.7 Å². The molecule has 0 spiro atoms. The van der Waals surface area contributed by atoms with Gasteiger partial charge in [-0.1, -0.05) is 211 Å². The van der Waals surface area contributed by atoms with Crippen molar-refractivity contribution in [3.05, 3.63) is 242 Å². The molecule has 2 heterocycles. The van der Waals surface area contributed by atoms with Gasteiger partial charge in [-0.15, -0.1) is 0 Å². The van der Waals surface area contributed by atoms with Gasteiger partial charge in [0.15, 0.2) is 0 Å². The Morgan fingerprint density at radius 3 is 0.901 bits per heavy atom. The van der Waals surface area contributed by atoms with Gasteiger partial charge in [0.05, 0.1) is 23.5 Å². The number of unbranched alkanes of at least 4 members (excludes halogenated alkanes) is 6. The molecule has 0 saturated carbocycles. The fourth-order valence-corrected chi connectivity index (χ4v) is 13.8. The lowest BCUT2D eigenvalue weighted by Crippen LogP contribution is -2.25. The van der Waals surface area contributed by atoms with Crippen LogP contribution in [0.4, 0.5) is 34.1 Å². The number of aromatic nitrogens is 4. The van der Waals surface area contributed by atoms with Gasteiger partial charge in [0.2, 0.25) is 0 Å². The molecule has 0 aliphatic heterocycles. The van der Waals surface area contributed by atoms with E-state index < -0.39 is 0 Å². The van der Waals surface area contributed by atoms with Crippen molar-refractivity contribution in [2.75, 3.05) is 9.80 Å². The molecular weight excluding hydrogens is 1020 g/mol. The maximum atomic E-state index is 5.05. The normalized spacial score (nSPS) is 12.4. The highest BCUT2D eigenvalue weighted by Gasteiger charge is 2.43. The van der Waals surface area contributed by atoms with E-state index in [-0.39, 0.29) is 5.41 Å². The average Bonchev–Trinajstić information content (AvgIpc) is 3.87. The summed E-state index contributed by atoms with van der Waals surface area (Å²) in [6, 6.07) is 83.7. The predicted octanol–water partition coefficient (Wildman–Crippen LogP) is 21.5. The Morgan fingerprint density at radius 2 is 0.580 bits per heavy atom. The smallest absolute Gasteiger partial charge is 0.113 e. The van der Waals surface area contributed by atoms with E-state index in [1.54, 1.807) is 0 Å². The van der Waals surface area contributed by atoms with Gasteiger partial charge in [-0.3, -0.25) is 0 Å². The Hall–Kier alpha value is -8.56. The molecule has 0 unspecified atom stereocenters. The topological polar surface area (TPSA) is 58.0 Å². The number of rotatable bonds is 20. The monoisotopic (exact) mass is 1090 g/mol. The lowest BCUT2D eigenvalue weighted by atomic mass is 9.70. The Balaban J connectivity index is 0.855. The van der Waals surface area contributed by atoms with E-state index in [9.17, 15) is 0 Å². The molecule has 1 aliphatic rings. The van der Waals surface area contributed by atoms with Crippen molar-refractivity contribution >= 4 is 79.6 Å². The van der Waals surface area contributed by atoms with E-state index in [4.69, 9.17) is 17.5 Å². The SMILES string of the molecule is CCCCCCC1(CCCCCC)c2cc(-c3ccc(-c4ccc(N(c5ccccc5)c5ccccc5)cc4)c4nsnc34)ccc2-c2ccc(-c3ccc(-c4ccc(N(c5ccccc5)c5ccccc5)cc4)c4nsnc34)cc21. The second kappa shape index (κ2) is 23.3. The van der Waals surface area contributed by atoms with Crippen LogP contribution in [-0.4, -0.2) is 17.5 Å². The Bertz CT molecular complexity index is 3740. The van der Waals surface area contributed by atoms with Crippen LogP contribution in [0.2, 0.25) is 0 Å². The third kappa shape index (κ3) is 10.0. The molecule has 0 atom stereocenters. The summed E-state index contributed by atoms with van der Waals surface area (Å²) in [5.41, 5.74) is 25.0. The van der Waals surface area contributed by atoms with E-state index >= 15 is 0 Å². The molecule has 6 nitrogen and oxygen atoms in total. The van der Waals surface area contributed by atoms with Crippen LogP contribution in [0.15, 0.2) is 231 Å². The first-order valence-electron chi connectivity index (χ1n) is 28.9. The average molecular weight is 1090 g/mol. The Kier molecular flexibility index (Phi) is 14.9. The zero-order valence-corrected chi connectivity index (χ0v) is 47.6. The van der Waals surface area contributed by atoms with E-state index in [1.807, 2.05) is 0 Å². The molecule has 13 rings (SSSR count). The largest absolute Gasteiger partial charge is 0.311 e. The number of para-hydroxylation sites is 4. The third-order valence-corrected chi connectivity index (χ3v) is 17.7. The quantitative estimate of drug-likeness (QED) is 0.0709. The highest BCUT2D eigenvalue weighted by atomic mass is 32.1. The second-order valence-corrected chi connectivity index (χ2v) is 22.6. The van der Waals surface area contributed by atoms with Crippen molar-refractivity contribution in [1.29, 1.82) is 0 Å². The number of fused-ring (bicyclic) bond motifs is 5. The molecule has 12 aromatic rings. The first-order chi connectivity index (χ1) is 40.1. The number of nitrogens with zero attached hydrogens (tertiary/aromatic N) is 6. The molecule has 2 aromatic heterocycles. The lowest BCUT2D eigenvalue weighted by Gasteiger charge is -2.33. The summed E-state index contributed by atoms with van der Waals surface area (Å²) in [4.78, 5) is 4.60. The zero-order chi connectivity index (χ0) is 54.5. The van der Waals surface area contributed by atoms with Gasteiger partial charge in [-0.25, -0.2) is 0 Å². The van der Waals surface area contributed by atoms with Crippen molar-refractivity contribution in [2.45, 2.75) is 83.5 Å². The van der Waals surface area contributed by atoms with E-state index in [0.29, 0.717) is 0 Å². The summed E-state index contributed by atoms with van der Waals surface area (Å²) in [5, 5.41) is 0. The molecule has 81 heavy (non-hydrogen) atoms. The van der Waals surface area contributed by atoms with E-state index in [1.165, 1.54) is 108 Å². The summed E-state index contributed by atoms with van der Waals surface area (Å²) in [6.07, 6.45) is 11.9. The standard InChI is InChI=1S/C73H64N6S2/c1-3-5-7-21-47-73(48-22-8-6-4-2)67-49-53(63-45-43-61(69-71(63)76-80-74-69)51-31-37-59(38-32-51)78(55-23-13-9-14-24-55)56-25-15-10-16-26-56)35-41-65(67)66-42-36-54(50-68(66)73)64-46-44-62(70-72(64)77-81-75-70)52-33-39-60(40-34-52)79(57-27-17-11-18-28-57)58-29-19-12-20-30-58/h9-20,23-46,49-50H,3-8,21-22,47-48H2,1-2H3. The third-order valence-electron chi connectivity index (χ3n) is 16.7. The van der Waals surface area contributed by atoms with Gasteiger partial charge in [0.1, 0.15) is 22.1 Å². The van der Waals surface area contributed by atoms with Crippen molar-refractivity contribution in [3.63, 3.8) is 0 Å². The van der Waals surface area contributed by atoms with Crippen LogP contribution >= 0.6 is 23.5 Å². The van der Waals surface area contributed by atoms with Crippen molar-refractivity contribution < 1.29 is 0 Å². The second-order valence-electron chi connectivity index (χ2n) is 21.6. The van der Waals surface area contributed by atoms with Crippen molar-refractivity contribution in [1.82, 2.24) is 17.5 Å². The first kappa shape index (κ1) is 51.9. The fourth-order valence-electron chi connectivity index (χ4n) is 12.6. The number of hydrogen-bond acceptors (Lipinski definition) is 8.